The highest BCUT2D eigenvalue weighted by atomic mass is 19.1. The van der Waals surface area contributed by atoms with Crippen molar-refractivity contribution in [1.82, 2.24) is 15.1 Å². The summed E-state index contributed by atoms with van der Waals surface area (Å²) in [6, 6.07) is 2.76. The Morgan fingerprint density at radius 3 is 2.69 bits per heavy atom. The number of nitrogens with two attached hydrogens (primary N) is 1. The highest BCUT2D eigenvalue weighted by molar-refractivity contribution is 6.04. The van der Waals surface area contributed by atoms with Crippen LogP contribution in [0.25, 0.3) is 10.9 Å². The van der Waals surface area contributed by atoms with E-state index in [4.69, 9.17) is 5.73 Å². The van der Waals surface area contributed by atoms with Gasteiger partial charge < -0.3 is 15.8 Å². The van der Waals surface area contributed by atoms with Crippen molar-refractivity contribution in [2.24, 2.45) is 5.73 Å². The normalized spacial score (nSPS) is 17.3. The maximum Gasteiger partial charge on any atom is 0.293 e. The first-order valence-corrected chi connectivity index (χ1v) is 8.51. The Labute approximate surface area is 151 Å². The summed E-state index contributed by atoms with van der Waals surface area (Å²) in [6.07, 6.45) is 3.88. The Hall–Kier alpha value is -2.48. The van der Waals surface area contributed by atoms with Gasteiger partial charge in [0.25, 0.3) is 12.4 Å². The van der Waals surface area contributed by atoms with Crippen LogP contribution in [0, 0.1) is 5.82 Å². The fourth-order valence-electron chi connectivity index (χ4n) is 2.70. The summed E-state index contributed by atoms with van der Waals surface area (Å²) >= 11 is 0. The molecule has 1 aliphatic rings. The van der Waals surface area contributed by atoms with Crippen molar-refractivity contribution < 1.29 is 18.7 Å². The molecule has 1 aromatic carbocycles. The molecule has 0 aliphatic carbocycles. The van der Waals surface area contributed by atoms with Gasteiger partial charge in [-0.25, -0.2) is 4.39 Å². The Bertz CT molecular complexity index is 777. The molecule has 0 saturated carbocycles. The molecular formula is C18H25FN4O3. The molecule has 1 aliphatic heterocycles. The number of nitrogens with zero attached hydrogens (tertiary/aromatic N) is 2. The number of hydrogen-bond donors (Lipinski definition) is 2. The van der Waals surface area contributed by atoms with E-state index in [-0.39, 0.29) is 17.2 Å². The van der Waals surface area contributed by atoms with Gasteiger partial charge in [-0.05, 0) is 52.3 Å². The zero-order valence-electron chi connectivity index (χ0n) is 15.3. The number of hydrogen-bond acceptors (Lipinski definition) is 5. The minimum absolute atomic E-state index is 0.137. The molecule has 1 fully saturated rings. The number of rotatable bonds is 3. The molecule has 0 bridgehead atoms. The van der Waals surface area contributed by atoms with Gasteiger partial charge in [0.2, 0.25) is 0 Å². The largest absolute Gasteiger partial charge is 0.462 e. The van der Waals surface area contributed by atoms with Crippen LogP contribution >= 0.6 is 0 Å². The molecule has 7 nitrogen and oxygen atoms in total. The van der Waals surface area contributed by atoms with Crippen LogP contribution in [0.5, 0.6) is 0 Å². The minimum Gasteiger partial charge on any atom is -0.462 e. The van der Waals surface area contributed by atoms with Crippen LogP contribution in [-0.4, -0.2) is 40.9 Å². The number of ether oxygens (including phenoxy) is 1. The quantitative estimate of drug-likeness (QED) is 0.813. The summed E-state index contributed by atoms with van der Waals surface area (Å²) in [7, 11) is 0. The fraction of sp³-hybridized carbons (Fsp3) is 0.500. The molecule has 142 valence electrons. The van der Waals surface area contributed by atoms with Gasteiger partial charge in [0.05, 0.1) is 11.6 Å². The van der Waals surface area contributed by atoms with E-state index in [1.54, 1.807) is 6.20 Å². The van der Waals surface area contributed by atoms with Gasteiger partial charge in [-0.1, -0.05) is 0 Å². The van der Waals surface area contributed by atoms with Crippen molar-refractivity contribution in [2.45, 2.75) is 45.3 Å². The first-order chi connectivity index (χ1) is 12.2. The molecule has 1 aromatic heterocycles. The van der Waals surface area contributed by atoms with Crippen LogP contribution in [0.15, 0.2) is 18.3 Å². The van der Waals surface area contributed by atoms with Crippen molar-refractivity contribution in [3.05, 3.63) is 29.7 Å². The van der Waals surface area contributed by atoms with E-state index in [1.165, 1.54) is 6.07 Å². The third kappa shape index (κ3) is 5.26. The van der Waals surface area contributed by atoms with E-state index in [1.807, 2.05) is 25.5 Å². The van der Waals surface area contributed by atoms with E-state index in [9.17, 15) is 14.0 Å². The average molecular weight is 364 g/mol. The van der Waals surface area contributed by atoms with E-state index < -0.39 is 11.7 Å². The first kappa shape index (κ1) is 19.8. The highest BCUT2D eigenvalue weighted by Gasteiger charge is 2.19. The van der Waals surface area contributed by atoms with Crippen molar-refractivity contribution in [3.8, 4) is 0 Å². The van der Waals surface area contributed by atoms with Crippen LogP contribution in [-0.2, 0) is 9.53 Å². The summed E-state index contributed by atoms with van der Waals surface area (Å²) in [5, 5.41) is 8.32. The average Bonchev–Trinajstić information content (AvgIpc) is 2.98. The third-order valence-corrected chi connectivity index (χ3v) is 3.90. The van der Waals surface area contributed by atoms with Crippen LogP contribution < -0.4 is 11.1 Å². The maximum atomic E-state index is 13.5. The predicted molar refractivity (Wildman–Crippen MR) is 96.3 cm³/mol. The molecular weight excluding hydrogens is 339 g/mol. The summed E-state index contributed by atoms with van der Waals surface area (Å²) in [5.41, 5.74) is 5.56. The first-order valence-electron chi connectivity index (χ1n) is 8.51. The maximum absolute atomic E-state index is 13.5. The number of halogens is 1. The van der Waals surface area contributed by atoms with Crippen LogP contribution in [0.3, 0.4) is 0 Å². The molecule has 1 atom stereocenters. The van der Waals surface area contributed by atoms with Crippen molar-refractivity contribution in [3.63, 3.8) is 0 Å². The molecule has 26 heavy (non-hydrogen) atoms. The fourth-order valence-corrected chi connectivity index (χ4v) is 2.70. The number of carbonyl (C=O) groups is 2. The second-order valence-corrected chi connectivity index (χ2v) is 7.19. The minimum atomic E-state index is -0.656. The molecule has 0 radical (unpaired) electrons. The monoisotopic (exact) mass is 364 g/mol. The van der Waals surface area contributed by atoms with E-state index in [2.05, 4.69) is 15.2 Å². The van der Waals surface area contributed by atoms with Crippen LogP contribution in [0.4, 0.5) is 4.39 Å². The van der Waals surface area contributed by atoms with Crippen molar-refractivity contribution in [1.29, 1.82) is 0 Å². The van der Waals surface area contributed by atoms with Gasteiger partial charge in [0.1, 0.15) is 16.9 Å². The molecule has 2 heterocycles. The van der Waals surface area contributed by atoms with E-state index >= 15 is 0 Å². The van der Waals surface area contributed by atoms with Crippen LogP contribution in [0.2, 0.25) is 0 Å². The van der Waals surface area contributed by atoms with Gasteiger partial charge in [0, 0.05) is 18.1 Å². The van der Waals surface area contributed by atoms with Crippen molar-refractivity contribution >= 4 is 23.3 Å². The topological polar surface area (TPSA) is 99.2 Å². The number of carbonyl (C=O) groups excluding carboxylic acids is 2. The lowest BCUT2D eigenvalue weighted by Crippen LogP contribution is -2.31. The number of benzene rings is 1. The zero-order chi connectivity index (χ0) is 19.3. The number of aromatic nitrogens is 2. The predicted octanol–water partition coefficient (Wildman–Crippen LogP) is 2.16. The highest BCUT2D eigenvalue weighted by Crippen LogP contribution is 2.23. The van der Waals surface area contributed by atoms with Gasteiger partial charge in [-0.3, -0.25) is 14.3 Å². The standard InChI is InChI=1S/C13H15FN4O.C5H10O2/c14-9-4-8-7-18(10-2-1-3-16-6-10)17-12(8)11(5-9)13(15)19;1-5(2,3)7-4-6/h4-5,7,10,16H,1-3,6H2,(H2,15,19);4H,1-3H3. The van der Waals surface area contributed by atoms with Crippen molar-refractivity contribution in [2.75, 3.05) is 13.1 Å². The smallest absolute Gasteiger partial charge is 0.293 e. The Balaban J connectivity index is 0.000000298. The number of nitrogens with one attached hydrogen (secondary N) is 1. The lowest BCUT2D eigenvalue weighted by Gasteiger charge is -2.22. The number of amides is 1. The lowest BCUT2D eigenvalue weighted by atomic mass is 10.1. The molecule has 3 N–H and O–H groups in total. The molecule has 1 saturated heterocycles. The summed E-state index contributed by atoms with van der Waals surface area (Å²) in [4.78, 5) is 20.9. The van der Waals surface area contributed by atoms with E-state index in [0.717, 1.165) is 32.0 Å². The van der Waals surface area contributed by atoms with Gasteiger partial charge >= 0.3 is 0 Å². The zero-order valence-corrected chi connectivity index (χ0v) is 15.3. The molecule has 3 rings (SSSR count). The van der Waals surface area contributed by atoms with Gasteiger partial charge in [-0.2, -0.15) is 5.10 Å². The van der Waals surface area contributed by atoms with E-state index in [0.29, 0.717) is 17.4 Å². The third-order valence-electron chi connectivity index (χ3n) is 3.90. The second-order valence-electron chi connectivity index (χ2n) is 7.19. The number of piperidine rings is 1. The Kier molecular flexibility index (Phi) is 6.31. The lowest BCUT2D eigenvalue weighted by molar-refractivity contribution is -0.138. The summed E-state index contributed by atoms with van der Waals surface area (Å²) < 4.78 is 19.8. The van der Waals surface area contributed by atoms with Gasteiger partial charge in [0.15, 0.2) is 0 Å². The molecule has 2 aromatic rings. The number of primary amides is 1. The Morgan fingerprint density at radius 2 is 2.19 bits per heavy atom. The summed E-state index contributed by atoms with van der Waals surface area (Å²) in [6.45, 7) is 7.77. The summed E-state index contributed by atoms with van der Waals surface area (Å²) in [5.74, 6) is -1.13. The van der Waals surface area contributed by atoms with Crippen LogP contribution in [0.1, 0.15) is 50.0 Å². The van der Waals surface area contributed by atoms with Gasteiger partial charge in [-0.15, -0.1) is 0 Å². The molecule has 1 unspecified atom stereocenters. The Morgan fingerprint density at radius 1 is 1.46 bits per heavy atom. The molecule has 0 spiro atoms. The molecule has 1 amide bonds. The SMILES string of the molecule is CC(C)(C)OC=O.NC(=O)c1cc(F)cc2cn(C3CCCNC3)nc12. The second kappa shape index (κ2) is 8.27. The number of fused-ring (bicyclic) bond motifs is 1. The molecule has 8 heteroatoms.